The van der Waals surface area contributed by atoms with E-state index in [1.165, 1.54) is 18.4 Å². The SMILES string of the molecule is CCCCC1CN(CCc2ccccc2)CCC1=NO. The van der Waals surface area contributed by atoms with E-state index in [1.54, 1.807) is 0 Å². The molecule has 1 fully saturated rings. The number of rotatable bonds is 6. The van der Waals surface area contributed by atoms with Crippen LogP contribution in [0.2, 0.25) is 0 Å². The van der Waals surface area contributed by atoms with Crippen LogP contribution in [0.4, 0.5) is 0 Å². The second-order valence-corrected chi connectivity index (χ2v) is 5.72. The van der Waals surface area contributed by atoms with Crippen molar-refractivity contribution < 1.29 is 5.21 Å². The molecule has 1 heterocycles. The van der Waals surface area contributed by atoms with Crippen LogP contribution in [0.1, 0.15) is 38.2 Å². The second-order valence-electron chi connectivity index (χ2n) is 5.72. The molecule has 0 spiro atoms. The van der Waals surface area contributed by atoms with Gasteiger partial charge >= 0.3 is 0 Å². The Kier molecular flexibility index (Phi) is 6.06. The van der Waals surface area contributed by atoms with Crippen LogP contribution in [0, 0.1) is 5.92 Å². The third-order valence-electron chi connectivity index (χ3n) is 4.23. The summed E-state index contributed by atoms with van der Waals surface area (Å²) in [6, 6.07) is 10.7. The van der Waals surface area contributed by atoms with Gasteiger partial charge < -0.3 is 10.1 Å². The van der Waals surface area contributed by atoms with Gasteiger partial charge in [-0.05, 0) is 18.4 Å². The highest BCUT2D eigenvalue weighted by molar-refractivity contribution is 5.87. The molecule has 1 atom stereocenters. The molecule has 1 aliphatic rings. The highest BCUT2D eigenvalue weighted by Gasteiger charge is 2.25. The van der Waals surface area contributed by atoms with Gasteiger partial charge in [0.15, 0.2) is 0 Å². The van der Waals surface area contributed by atoms with Gasteiger partial charge in [0.25, 0.3) is 0 Å². The van der Waals surface area contributed by atoms with Crippen molar-refractivity contribution in [2.24, 2.45) is 11.1 Å². The van der Waals surface area contributed by atoms with E-state index in [0.717, 1.165) is 44.6 Å². The topological polar surface area (TPSA) is 35.8 Å². The van der Waals surface area contributed by atoms with Crippen LogP contribution in [0.3, 0.4) is 0 Å². The standard InChI is InChI=1S/C17H26N2O/c1-2-3-9-16-14-19(13-11-17(16)18-20)12-10-15-7-5-4-6-8-15/h4-8,16,20H,2-3,9-14H2,1H3. The van der Waals surface area contributed by atoms with Crippen molar-refractivity contribution >= 4 is 5.71 Å². The molecule has 3 heteroatoms. The molecule has 1 N–H and O–H groups in total. The van der Waals surface area contributed by atoms with E-state index in [4.69, 9.17) is 5.21 Å². The molecule has 0 amide bonds. The maximum atomic E-state index is 9.12. The predicted molar refractivity (Wildman–Crippen MR) is 83.4 cm³/mol. The Labute approximate surface area is 122 Å². The van der Waals surface area contributed by atoms with Gasteiger partial charge in [-0.1, -0.05) is 55.3 Å². The summed E-state index contributed by atoms with van der Waals surface area (Å²) in [4.78, 5) is 2.52. The van der Waals surface area contributed by atoms with Gasteiger partial charge in [0.1, 0.15) is 0 Å². The Morgan fingerprint density at radius 1 is 1.30 bits per heavy atom. The molecule has 110 valence electrons. The first-order valence-electron chi connectivity index (χ1n) is 7.80. The molecule has 20 heavy (non-hydrogen) atoms. The number of hydrogen-bond donors (Lipinski definition) is 1. The van der Waals surface area contributed by atoms with Crippen molar-refractivity contribution in [1.29, 1.82) is 0 Å². The van der Waals surface area contributed by atoms with Crippen LogP contribution in [-0.4, -0.2) is 35.5 Å². The molecule has 1 unspecified atom stereocenters. The summed E-state index contributed by atoms with van der Waals surface area (Å²) in [6.07, 6.45) is 5.60. The zero-order valence-corrected chi connectivity index (χ0v) is 12.5. The van der Waals surface area contributed by atoms with Crippen LogP contribution in [-0.2, 0) is 6.42 Å². The smallest absolute Gasteiger partial charge is 0.0627 e. The summed E-state index contributed by atoms with van der Waals surface area (Å²) >= 11 is 0. The normalized spacial score (nSPS) is 22.2. The van der Waals surface area contributed by atoms with Crippen LogP contribution in [0.25, 0.3) is 0 Å². The lowest BCUT2D eigenvalue weighted by molar-refractivity contribution is 0.226. The fraction of sp³-hybridized carbons (Fsp3) is 0.588. The Bertz CT molecular complexity index is 416. The number of oxime groups is 1. The largest absolute Gasteiger partial charge is 0.411 e. The Hall–Kier alpha value is -1.35. The number of hydrogen-bond acceptors (Lipinski definition) is 3. The van der Waals surface area contributed by atoms with E-state index in [9.17, 15) is 0 Å². The average molecular weight is 274 g/mol. The minimum absolute atomic E-state index is 0.449. The zero-order chi connectivity index (χ0) is 14.2. The van der Waals surface area contributed by atoms with E-state index in [2.05, 4.69) is 47.3 Å². The van der Waals surface area contributed by atoms with Crippen molar-refractivity contribution in [2.45, 2.75) is 39.0 Å². The number of nitrogens with zero attached hydrogens (tertiary/aromatic N) is 2. The molecule has 0 aromatic heterocycles. The average Bonchev–Trinajstić information content (AvgIpc) is 2.52. The Balaban J connectivity index is 1.84. The summed E-state index contributed by atoms with van der Waals surface area (Å²) in [6.45, 7) is 5.39. The third-order valence-corrected chi connectivity index (χ3v) is 4.23. The number of benzene rings is 1. The first-order chi connectivity index (χ1) is 9.83. The van der Waals surface area contributed by atoms with Gasteiger partial charge in [-0.25, -0.2) is 0 Å². The molecule has 0 radical (unpaired) electrons. The first kappa shape index (κ1) is 15.0. The number of piperidine rings is 1. The van der Waals surface area contributed by atoms with Gasteiger partial charge in [-0.15, -0.1) is 0 Å². The minimum atomic E-state index is 0.449. The second kappa shape index (κ2) is 8.05. The number of likely N-dealkylation sites (tertiary alicyclic amines) is 1. The van der Waals surface area contributed by atoms with Crippen LogP contribution >= 0.6 is 0 Å². The molecule has 1 saturated heterocycles. The van der Waals surface area contributed by atoms with Gasteiger partial charge in [0.05, 0.1) is 5.71 Å². The quantitative estimate of drug-likeness (QED) is 0.636. The first-order valence-corrected chi connectivity index (χ1v) is 7.80. The maximum Gasteiger partial charge on any atom is 0.0627 e. The van der Waals surface area contributed by atoms with E-state index < -0.39 is 0 Å². The zero-order valence-electron chi connectivity index (χ0n) is 12.5. The molecular formula is C17H26N2O. The molecule has 1 aromatic carbocycles. The summed E-state index contributed by atoms with van der Waals surface area (Å²) in [5, 5.41) is 12.6. The fourth-order valence-corrected chi connectivity index (χ4v) is 2.96. The summed E-state index contributed by atoms with van der Waals surface area (Å²) < 4.78 is 0. The van der Waals surface area contributed by atoms with Crippen LogP contribution in [0.15, 0.2) is 35.5 Å². The minimum Gasteiger partial charge on any atom is -0.411 e. The van der Waals surface area contributed by atoms with E-state index in [0.29, 0.717) is 5.92 Å². The van der Waals surface area contributed by atoms with Crippen LogP contribution in [0.5, 0.6) is 0 Å². The van der Waals surface area contributed by atoms with Gasteiger partial charge in [-0.3, -0.25) is 0 Å². The summed E-state index contributed by atoms with van der Waals surface area (Å²) in [5.41, 5.74) is 2.41. The monoisotopic (exact) mass is 274 g/mol. The molecule has 0 saturated carbocycles. The Morgan fingerprint density at radius 2 is 2.10 bits per heavy atom. The van der Waals surface area contributed by atoms with E-state index >= 15 is 0 Å². The van der Waals surface area contributed by atoms with Crippen molar-refractivity contribution in [2.75, 3.05) is 19.6 Å². The molecular weight excluding hydrogens is 248 g/mol. The van der Waals surface area contributed by atoms with E-state index in [1.807, 2.05) is 0 Å². The maximum absolute atomic E-state index is 9.12. The predicted octanol–water partition coefficient (Wildman–Crippen LogP) is 3.57. The summed E-state index contributed by atoms with van der Waals surface area (Å²) in [7, 11) is 0. The lowest BCUT2D eigenvalue weighted by Crippen LogP contribution is -2.41. The number of unbranched alkanes of at least 4 members (excludes halogenated alkanes) is 1. The highest BCUT2D eigenvalue weighted by Crippen LogP contribution is 2.20. The van der Waals surface area contributed by atoms with Crippen molar-refractivity contribution in [3.63, 3.8) is 0 Å². The lowest BCUT2D eigenvalue weighted by Gasteiger charge is -2.33. The van der Waals surface area contributed by atoms with Crippen LogP contribution < -0.4 is 0 Å². The van der Waals surface area contributed by atoms with Crippen molar-refractivity contribution in [3.8, 4) is 0 Å². The molecule has 0 bridgehead atoms. The molecule has 3 nitrogen and oxygen atoms in total. The van der Waals surface area contributed by atoms with Crippen molar-refractivity contribution in [3.05, 3.63) is 35.9 Å². The highest BCUT2D eigenvalue weighted by atomic mass is 16.4. The molecule has 2 rings (SSSR count). The van der Waals surface area contributed by atoms with E-state index in [-0.39, 0.29) is 0 Å². The third kappa shape index (κ3) is 4.34. The molecule has 0 aliphatic carbocycles. The fourth-order valence-electron chi connectivity index (χ4n) is 2.96. The van der Waals surface area contributed by atoms with Crippen molar-refractivity contribution in [1.82, 2.24) is 4.90 Å². The Morgan fingerprint density at radius 3 is 2.80 bits per heavy atom. The van der Waals surface area contributed by atoms with Gasteiger partial charge in [0.2, 0.25) is 0 Å². The van der Waals surface area contributed by atoms with Gasteiger partial charge in [0, 0.05) is 32.0 Å². The van der Waals surface area contributed by atoms with Gasteiger partial charge in [-0.2, -0.15) is 0 Å². The molecule has 1 aromatic rings. The molecule has 1 aliphatic heterocycles. The lowest BCUT2D eigenvalue weighted by atomic mass is 9.90. The summed E-state index contributed by atoms with van der Waals surface area (Å²) in [5.74, 6) is 0.449.